The summed E-state index contributed by atoms with van der Waals surface area (Å²) in [6, 6.07) is 0. The molecule has 43 heavy (non-hydrogen) atoms. The summed E-state index contributed by atoms with van der Waals surface area (Å²) in [5.41, 5.74) is 0.232. The number of aliphatic carboxylic acids is 1. The number of carboxylic acid groups (broad SMARTS) is 1. The Labute approximate surface area is 257 Å². The van der Waals surface area contributed by atoms with Crippen LogP contribution in [0.4, 0.5) is 0 Å². The molecule has 5 N–H and O–H groups in total. The van der Waals surface area contributed by atoms with Gasteiger partial charge in [-0.15, -0.1) is 0 Å². The smallest absolute Gasteiger partial charge is 0.310 e. The van der Waals surface area contributed by atoms with Gasteiger partial charge in [-0.1, -0.05) is 53.2 Å². The molecule has 1 aliphatic heterocycles. The van der Waals surface area contributed by atoms with Gasteiger partial charge in [0.25, 0.3) is 0 Å². The number of allylic oxidation sites excluding steroid dienone is 2. The van der Waals surface area contributed by atoms with E-state index in [1.54, 1.807) is 0 Å². The minimum Gasteiger partial charge on any atom is -0.481 e. The van der Waals surface area contributed by atoms with Crippen LogP contribution in [0.2, 0.25) is 0 Å². The predicted octanol–water partition coefficient (Wildman–Crippen LogP) is 4.67. The normalized spacial score (nSPS) is 54.3. The Bertz CT molecular complexity index is 1150. The number of carboxylic acids is 1. The summed E-state index contributed by atoms with van der Waals surface area (Å²) in [6.45, 7) is 13.9. The SMILES string of the molecule is CC1(C)CC[C@]2(C(=O)O)CC[C@]3(C)C(=CC[C@@H]4[C@@]5(C)CC[C@H](O[C@@H]6OC[C@@H](O)[C@@H](O)[C@@H]6O)[C@@](C)(CO)[C@@H]5CC[C@]43C)[C@@H]2C1. The van der Waals surface area contributed by atoms with Gasteiger partial charge in [-0.25, -0.2) is 0 Å². The summed E-state index contributed by atoms with van der Waals surface area (Å²) in [7, 11) is 0. The van der Waals surface area contributed by atoms with Crippen molar-refractivity contribution in [2.45, 2.75) is 136 Å². The average molecular weight is 605 g/mol. The lowest BCUT2D eigenvalue weighted by atomic mass is 9.33. The third-order valence-electron chi connectivity index (χ3n) is 14.9. The molecule has 0 unspecified atom stereocenters. The maximum atomic E-state index is 12.9. The molecule has 6 rings (SSSR count). The molecule has 0 spiro atoms. The summed E-state index contributed by atoms with van der Waals surface area (Å²) in [6.07, 6.45) is 6.03. The van der Waals surface area contributed by atoms with Gasteiger partial charge in [0.05, 0.1) is 24.7 Å². The van der Waals surface area contributed by atoms with Crippen molar-refractivity contribution >= 4 is 5.97 Å². The van der Waals surface area contributed by atoms with Crippen LogP contribution in [-0.4, -0.2) is 75.4 Å². The molecule has 5 aliphatic carbocycles. The molecule has 1 heterocycles. The number of hydrogen-bond donors (Lipinski definition) is 5. The van der Waals surface area contributed by atoms with E-state index in [0.29, 0.717) is 12.3 Å². The first-order chi connectivity index (χ1) is 20.0. The van der Waals surface area contributed by atoms with Crippen LogP contribution in [0, 0.1) is 50.2 Å². The van der Waals surface area contributed by atoms with E-state index >= 15 is 0 Å². The summed E-state index contributed by atoms with van der Waals surface area (Å²) >= 11 is 0. The van der Waals surface area contributed by atoms with Crippen LogP contribution in [0.25, 0.3) is 0 Å². The molecule has 13 atom stereocenters. The molecule has 5 fully saturated rings. The van der Waals surface area contributed by atoms with Crippen molar-refractivity contribution in [3.8, 4) is 0 Å². The monoisotopic (exact) mass is 604 g/mol. The molecule has 0 amide bonds. The lowest BCUT2D eigenvalue weighted by Crippen LogP contribution is -2.66. The highest BCUT2D eigenvalue weighted by molar-refractivity contribution is 5.76. The third-order valence-corrected chi connectivity index (χ3v) is 14.9. The molecule has 1 saturated heterocycles. The Balaban J connectivity index is 1.32. The van der Waals surface area contributed by atoms with Gasteiger partial charge in [-0.3, -0.25) is 4.79 Å². The number of rotatable bonds is 4. The average Bonchev–Trinajstić information content (AvgIpc) is 2.94. The zero-order chi connectivity index (χ0) is 31.4. The van der Waals surface area contributed by atoms with Gasteiger partial charge >= 0.3 is 5.97 Å². The Morgan fingerprint density at radius 2 is 1.63 bits per heavy atom. The highest BCUT2D eigenvalue weighted by Gasteiger charge is 2.70. The molecule has 6 aliphatic rings. The van der Waals surface area contributed by atoms with Crippen molar-refractivity contribution in [3.05, 3.63) is 11.6 Å². The molecule has 0 bridgehead atoms. The van der Waals surface area contributed by atoms with Crippen LogP contribution in [0.1, 0.15) is 106 Å². The first kappa shape index (κ1) is 31.9. The predicted molar refractivity (Wildman–Crippen MR) is 161 cm³/mol. The topological polar surface area (TPSA) is 137 Å². The van der Waals surface area contributed by atoms with Crippen LogP contribution in [0.15, 0.2) is 11.6 Å². The highest BCUT2D eigenvalue weighted by atomic mass is 16.7. The highest BCUT2D eigenvalue weighted by Crippen LogP contribution is 2.76. The first-order valence-electron chi connectivity index (χ1n) is 16.9. The van der Waals surface area contributed by atoms with Gasteiger partial charge in [-0.2, -0.15) is 0 Å². The molecular formula is C35H56O8. The molecule has 8 nitrogen and oxygen atoms in total. The largest absolute Gasteiger partial charge is 0.481 e. The first-order valence-corrected chi connectivity index (χ1v) is 16.9. The van der Waals surface area contributed by atoms with Crippen molar-refractivity contribution in [2.24, 2.45) is 50.2 Å². The fourth-order valence-corrected chi connectivity index (χ4v) is 11.9. The Morgan fingerprint density at radius 1 is 0.930 bits per heavy atom. The summed E-state index contributed by atoms with van der Waals surface area (Å²) < 4.78 is 12.0. The van der Waals surface area contributed by atoms with E-state index in [2.05, 4.69) is 47.6 Å². The molecule has 4 saturated carbocycles. The maximum absolute atomic E-state index is 12.9. The molecule has 0 aromatic rings. The number of ether oxygens (including phenoxy) is 2. The fourth-order valence-electron chi connectivity index (χ4n) is 11.9. The van der Waals surface area contributed by atoms with Gasteiger partial charge in [-0.05, 0) is 104 Å². The Morgan fingerprint density at radius 3 is 2.30 bits per heavy atom. The minimum atomic E-state index is -1.36. The van der Waals surface area contributed by atoms with Gasteiger partial charge in [0.2, 0.25) is 0 Å². The number of fused-ring (bicyclic) bond motifs is 7. The zero-order valence-electron chi connectivity index (χ0n) is 27.1. The van der Waals surface area contributed by atoms with Crippen LogP contribution in [-0.2, 0) is 14.3 Å². The van der Waals surface area contributed by atoms with E-state index in [1.807, 2.05) is 0 Å². The van der Waals surface area contributed by atoms with Crippen molar-refractivity contribution in [1.29, 1.82) is 0 Å². The van der Waals surface area contributed by atoms with Gasteiger partial charge in [0, 0.05) is 5.41 Å². The van der Waals surface area contributed by atoms with E-state index < -0.39 is 41.4 Å². The minimum absolute atomic E-state index is 0.0154. The quantitative estimate of drug-likeness (QED) is 0.231. The number of aliphatic hydroxyl groups is 4. The molecular weight excluding hydrogens is 548 g/mol. The molecule has 0 aromatic carbocycles. The second-order valence-corrected chi connectivity index (χ2v) is 17.3. The van der Waals surface area contributed by atoms with Crippen LogP contribution < -0.4 is 0 Å². The number of carbonyl (C=O) groups is 1. The molecule has 0 radical (unpaired) electrons. The van der Waals surface area contributed by atoms with Crippen LogP contribution in [0.3, 0.4) is 0 Å². The van der Waals surface area contributed by atoms with Crippen molar-refractivity contribution in [1.82, 2.24) is 0 Å². The van der Waals surface area contributed by atoms with E-state index in [9.17, 15) is 30.3 Å². The second kappa shape index (κ2) is 10.2. The third kappa shape index (κ3) is 4.32. The van der Waals surface area contributed by atoms with Crippen LogP contribution in [0.5, 0.6) is 0 Å². The van der Waals surface area contributed by atoms with E-state index in [4.69, 9.17) is 9.47 Å². The van der Waals surface area contributed by atoms with Gasteiger partial charge in [0.15, 0.2) is 6.29 Å². The zero-order valence-corrected chi connectivity index (χ0v) is 27.1. The van der Waals surface area contributed by atoms with Crippen molar-refractivity contribution in [3.63, 3.8) is 0 Å². The van der Waals surface area contributed by atoms with Crippen LogP contribution >= 0.6 is 0 Å². The summed E-state index contributed by atoms with van der Waals surface area (Å²) in [4.78, 5) is 12.9. The number of hydrogen-bond acceptors (Lipinski definition) is 7. The van der Waals surface area contributed by atoms with Gasteiger partial charge in [0.1, 0.15) is 18.3 Å². The van der Waals surface area contributed by atoms with Crippen molar-refractivity contribution in [2.75, 3.05) is 13.2 Å². The lowest BCUT2D eigenvalue weighted by molar-refractivity contribution is -0.312. The Kier molecular flexibility index (Phi) is 7.60. The van der Waals surface area contributed by atoms with E-state index in [-0.39, 0.29) is 52.8 Å². The molecule has 8 heteroatoms. The second-order valence-electron chi connectivity index (χ2n) is 17.3. The maximum Gasteiger partial charge on any atom is 0.310 e. The molecule has 244 valence electrons. The Hall–Kier alpha value is -1.03. The lowest BCUT2D eigenvalue weighted by Gasteiger charge is -2.71. The van der Waals surface area contributed by atoms with E-state index in [0.717, 1.165) is 57.8 Å². The summed E-state index contributed by atoms with van der Waals surface area (Å²) in [5, 5.41) is 52.3. The van der Waals surface area contributed by atoms with Gasteiger partial charge < -0.3 is 35.0 Å². The summed E-state index contributed by atoms with van der Waals surface area (Å²) in [5.74, 6) is 0.0529. The van der Waals surface area contributed by atoms with Crippen molar-refractivity contribution < 1.29 is 39.8 Å². The van der Waals surface area contributed by atoms with E-state index in [1.165, 1.54) is 5.57 Å². The fraction of sp³-hybridized carbons (Fsp3) is 0.914. The standard InChI is InChI=1S/C35H56O8/c1-30(2)13-15-35(29(40)41)16-14-33(5)20(21(35)17-30)7-8-24-31(3)11-10-25(43-28-27(39)26(38)22(37)18-42-28)32(4,19-36)23(31)9-12-34(24,33)6/h7,21-28,36-39H,8-19H2,1-6H3,(H,40,41)/t21-,22+,23+,24+,25-,26+,27-,28-,31-,32-,33+,34+,35-/m0/s1. The number of aliphatic hydroxyl groups excluding tert-OH is 4. The molecule has 0 aromatic heterocycles.